The standard InChI is InChI=1S/C24H32F3N5O2/c1-14-12-18(20(34-14)24(25,26)27)22(33)28-13-15-8-10-16(11-9-15)29-23-30-19-7-5-4-6-17(19)21(31-23)32(2)3/h12,15-16H,4-11,13H2,1-3H3,(H,28,33)(H,29,30,31). The normalized spacial score (nSPS) is 20.5. The van der Waals surface area contributed by atoms with Crippen LogP contribution in [0.5, 0.6) is 0 Å². The van der Waals surface area contributed by atoms with E-state index in [0.717, 1.165) is 62.5 Å². The van der Waals surface area contributed by atoms with Crippen LogP contribution in [0.15, 0.2) is 10.5 Å². The van der Waals surface area contributed by atoms with Crippen molar-refractivity contribution in [2.75, 3.05) is 30.9 Å². The molecule has 0 saturated heterocycles. The van der Waals surface area contributed by atoms with Gasteiger partial charge in [-0.15, -0.1) is 0 Å². The molecule has 0 bridgehead atoms. The molecule has 0 aromatic carbocycles. The number of hydrogen-bond donors (Lipinski definition) is 2. The highest BCUT2D eigenvalue weighted by Crippen LogP contribution is 2.34. The molecule has 0 unspecified atom stereocenters. The van der Waals surface area contributed by atoms with Crippen molar-refractivity contribution in [3.63, 3.8) is 0 Å². The quantitative estimate of drug-likeness (QED) is 0.623. The van der Waals surface area contributed by atoms with E-state index in [1.54, 1.807) is 0 Å². The van der Waals surface area contributed by atoms with Gasteiger partial charge in [0.15, 0.2) is 0 Å². The second kappa shape index (κ2) is 9.84. The Morgan fingerprint density at radius 1 is 1.15 bits per heavy atom. The van der Waals surface area contributed by atoms with Gasteiger partial charge in [0.1, 0.15) is 11.6 Å². The van der Waals surface area contributed by atoms with Crippen molar-refractivity contribution in [2.24, 2.45) is 5.92 Å². The summed E-state index contributed by atoms with van der Waals surface area (Å²) in [5.74, 6) is -0.0648. The van der Waals surface area contributed by atoms with E-state index in [9.17, 15) is 18.0 Å². The number of nitrogens with one attached hydrogen (secondary N) is 2. The van der Waals surface area contributed by atoms with Crippen molar-refractivity contribution < 1.29 is 22.4 Å². The summed E-state index contributed by atoms with van der Waals surface area (Å²) in [7, 11) is 4.01. The lowest BCUT2D eigenvalue weighted by atomic mass is 9.86. The number of amides is 1. The number of rotatable bonds is 6. The number of nitrogens with zero attached hydrogens (tertiary/aromatic N) is 3. The number of anilines is 2. The summed E-state index contributed by atoms with van der Waals surface area (Å²) in [6.45, 7) is 1.74. The third kappa shape index (κ3) is 5.47. The summed E-state index contributed by atoms with van der Waals surface area (Å²) in [5.41, 5.74) is 1.93. The number of hydrogen-bond acceptors (Lipinski definition) is 6. The maximum absolute atomic E-state index is 13.1. The van der Waals surface area contributed by atoms with E-state index in [1.165, 1.54) is 18.9 Å². The molecule has 2 aromatic heterocycles. The molecular weight excluding hydrogens is 447 g/mol. The minimum Gasteiger partial charge on any atom is -0.456 e. The number of alkyl halides is 3. The van der Waals surface area contributed by atoms with Crippen LogP contribution < -0.4 is 15.5 Å². The van der Waals surface area contributed by atoms with Crippen LogP contribution in [0.2, 0.25) is 0 Å². The van der Waals surface area contributed by atoms with Crippen LogP contribution in [0.3, 0.4) is 0 Å². The molecule has 2 aliphatic carbocycles. The minimum atomic E-state index is -4.70. The lowest BCUT2D eigenvalue weighted by molar-refractivity contribution is -0.153. The monoisotopic (exact) mass is 479 g/mol. The third-order valence-electron chi connectivity index (χ3n) is 6.67. The predicted octanol–water partition coefficient (Wildman–Crippen LogP) is 4.74. The van der Waals surface area contributed by atoms with Gasteiger partial charge in [0.2, 0.25) is 11.7 Å². The zero-order valence-electron chi connectivity index (χ0n) is 19.9. The fourth-order valence-corrected chi connectivity index (χ4v) is 4.93. The molecule has 0 atom stereocenters. The Morgan fingerprint density at radius 3 is 2.53 bits per heavy atom. The van der Waals surface area contributed by atoms with Gasteiger partial charge in [-0.05, 0) is 70.3 Å². The Labute approximate surface area is 197 Å². The highest BCUT2D eigenvalue weighted by atomic mass is 19.4. The van der Waals surface area contributed by atoms with Crippen LogP contribution in [-0.4, -0.2) is 42.6 Å². The summed E-state index contributed by atoms with van der Waals surface area (Å²) in [6, 6.07) is 1.37. The summed E-state index contributed by atoms with van der Waals surface area (Å²) in [5, 5.41) is 6.15. The van der Waals surface area contributed by atoms with Gasteiger partial charge in [-0.2, -0.15) is 18.2 Å². The van der Waals surface area contributed by atoms with Gasteiger partial charge in [-0.25, -0.2) is 4.98 Å². The molecule has 4 rings (SSSR count). The Kier molecular flexibility index (Phi) is 7.04. The van der Waals surface area contributed by atoms with E-state index < -0.39 is 23.4 Å². The van der Waals surface area contributed by atoms with E-state index >= 15 is 0 Å². The van der Waals surface area contributed by atoms with E-state index in [2.05, 4.69) is 10.6 Å². The van der Waals surface area contributed by atoms with Crippen molar-refractivity contribution in [1.82, 2.24) is 15.3 Å². The molecule has 10 heteroatoms. The molecule has 0 radical (unpaired) electrons. The van der Waals surface area contributed by atoms with E-state index in [0.29, 0.717) is 12.5 Å². The smallest absolute Gasteiger partial charge is 0.450 e. The number of aryl methyl sites for hydroxylation is 2. The highest BCUT2D eigenvalue weighted by molar-refractivity contribution is 5.95. The zero-order chi connectivity index (χ0) is 24.5. The van der Waals surface area contributed by atoms with Gasteiger partial charge in [-0.3, -0.25) is 4.79 Å². The minimum absolute atomic E-state index is 0.0610. The van der Waals surface area contributed by atoms with Gasteiger partial charge in [0, 0.05) is 32.2 Å². The Hall–Kier alpha value is -2.78. The second-order valence-electron chi connectivity index (χ2n) is 9.57. The Balaban J connectivity index is 1.31. The molecule has 0 spiro atoms. The maximum Gasteiger partial charge on any atom is 0.450 e. The van der Waals surface area contributed by atoms with Crippen molar-refractivity contribution in [2.45, 2.75) is 70.5 Å². The van der Waals surface area contributed by atoms with E-state index in [-0.39, 0.29) is 17.7 Å². The van der Waals surface area contributed by atoms with Gasteiger partial charge in [0.25, 0.3) is 5.91 Å². The first kappa shape index (κ1) is 24.3. The average molecular weight is 480 g/mol. The van der Waals surface area contributed by atoms with Crippen molar-refractivity contribution in [1.29, 1.82) is 0 Å². The molecule has 186 valence electrons. The summed E-state index contributed by atoms with van der Waals surface area (Å²) < 4.78 is 44.0. The van der Waals surface area contributed by atoms with Crippen molar-refractivity contribution in [3.8, 4) is 0 Å². The highest BCUT2D eigenvalue weighted by Gasteiger charge is 2.40. The van der Waals surface area contributed by atoms with Crippen LogP contribution in [0.1, 0.15) is 71.7 Å². The molecular formula is C24H32F3N5O2. The molecule has 2 N–H and O–H groups in total. The molecule has 1 saturated carbocycles. The topological polar surface area (TPSA) is 83.3 Å². The van der Waals surface area contributed by atoms with E-state index in [1.807, 2.05) is 19.0 Å². The Morgan fingerprint density at radius 2 is 1.85 bits per heavy atom. The third-order valence-corrected chi connectivity index (χ3v) is 6.67. The number of aromatic nitrogens is 2. The SMILES string of the molecule is Cc1cc(C(=O)NCC2CCC(Nc3nc4c(c(N(C)C)n3)CCCC4)CC2)c(C(F)(F)F)o1. The van der Waals surface area contributed by atoms with Crippen molar-refractivity contribution in [3.05, 3.63) is 34.4 Å². The van der Waals surface area contributed by atoms with Crippen molar-refractivity contribution >= 4 is 17.7 Å². The van der Waals surface area contributed by atoms with Crippen LogP contribution >= 0.6 is 0 Å². The summed E-state index contributed by atoms with van der Waals surface area (Å²) in [6.07, 6.45) is 3.11. The van der Waals surface area contributed by atoms with Gasteiger partial charge in [0.05, 0.1) is 11.3 Å². The van der Waals surface area contributed by atoms with Crippen LogP contribution in [0.4, 0.5) is 24.9 Å². The first-order valence-corrected chi connectivity index (χ1v) is 11.9. The fourth-order valence-electron chi connectivity index (χ4n) is 4.93. The van der Waals surface area contributed by atoms with Crippen LogP contribution in [-0.2, 0) is 19.0 Å². The second-order valence-corrected chi connectivity index (χ2v) is 9.57. The molecule has 1 amide bonds. The summed E-state index contributed by atoms with van der Waals surface area (Å²) in [4.78, 5) is 24.0. The predicted molar refractivity (Wildman–Crippen MR) is 123 cm³/mol. The Bertz CT molecular complexity index is 1030. The zero-order valence-corrected chi connectivity index (χ0v) is 19.9. The number of furan rings is 1. The summed E-state index contributed by atoms with van der Waals surface area (Å²) >= 11 is 0. The van der Waals surface area contributed by atoms with Crippen LogP contribution in [0.25, 0.3) is 0 Å². The first-order chi connectivity index (χ1) is 16.1. The molecule has 2 aromatic rings. The number of carbonyl (C=O) groups is 1. The van der Waals surface area contributed by atoms with Gasteiger partial charge >= 0.3 is 6.18 Å². The lowest BCUT2D eigenvalue weighted by Crippen LogP contribution is -2.34. The first-order valence-electron chi connectivity index (χ1n) is 11.9. The molecule has 7 nitrogen and oxygen atoms in total. The largest absolute Gasteiger partial charge is 0.456 e. The van der Waals surface area contributed by atoms with Gasteiger partial charge < -0.3 is 20.0 Å². The molecule has 2 heterocycles. The molecule has 1 fully saturated rings. The molecule has 0 aliphatic heterocycles. The lowest BCUT2D eigenvalue weighted by Gasteiger charge is -2.30. The van der Waals surface area contributed by atoms with E-state index in [4.69, 9.17) is 14.4 Å². The average Bonchev–Trinajstić information content (AvgIpc) is 3.20. The number of carbonyl (C=O) groups excluding carboxylic acids is 1. The fraction of sp³-hybridized carbons (Fsp3) is 0.625. The van der Waals surface area contributed by atoms with Gasteiger partial charge in [-0.1, -0.05) is 0 Å². The van der Waals surface area contributed by atoms with Crippen LogP contribution in [0, 0.1) is 12.8 Å². The number of halogens is 3. The maximum atomic E-state index is 13.1. The molecule has 2 aliphatic rings. The molecule has 34 heavy (non-hydrogen) atoms. The number of fused-ring (bicyclic) bond motifs is 1.